The van der Waals surface area contributed by atoms with E-state index < -0.39 is 28.5 Å². The molecule has 1 saturated carbocycles. The lowest BCUT2D eigenvalue weighted by Gasteiger charge is -2.58. The topological polar surface area (TPSA) is 153 Å². The van der Waals surface area contributed by atoms with Crippen molar-refractivity contribution in [2.24, 2.45) is 11.8 Å². The molecule has 1 aliphatic carbocycles. The van der Waals surface area contributed by atoms with Crippen molar-refractivity contribution in [1.29, 1.82) is 0 Å². The van der Waals surface area contributed by atoms with Crippen LogP contribution in [-0.4, -0.2) is 115 Å². The number of aromatic nitrogens is 2. The van der Waals surface area contributed by atoms with Crippen LogP contribution in [-0.2, 0) is 20.3 Å². The number of hydroxylamine groups is 3. The monoisotopic (exact) mass is 731 g/mol. The number of alkyl halides is 3. The van der Waals surface area contributed by atoms with Crippen molar-refractivity contribution in [3.05, 3.63) is 22.2 Å². The van der Waals surface area contributed by atoms with Gasteiger partial charge < -0.3 is 29.5 Å². The summed E-state index contributed by atoms with van der Waals surface area (Å²) in [4.78, 5) is 48.0. The summed E-state index contributed by atoms with van der Waals surface area (Å²) in [6.07, 6.45) is 8.27. The Bertz CT molecular complexity index is 1370. The summed E-state index contributed by atoms with van der Waals surface area (Å²) >= 11 is 0. The number of nitrogens with zero attached hydrogens (tertiary/aromatic N) is 5. The van der Waals surface area contributed by atoms with E-state index in [4.69, 9.17) is 14.6 Å². The van der Waals surface area contributed by atoms with Gasteiger partial charge in [-0.15, -0.1) is 0 Å². The lowest BCUT2D eigenvalue weighted by atomic mass is 9.74. The fourth-order valence-electron chi connectivity index (χ4n) is 8.15. The van der Waals surface area contributed by atoms with Gasteiger partial charge in [0.1, 0.15) is 5.60 Å². The molecule has 1 aromatic heterocycles. The number of carbonyl (C=O) groups is 3. The number of likely N-dealkylation sites (tertiary alicyclic amines) is 2. The van der Waals surface area contributed by atoms with E-state index in [-0.39, 0.29) is 33.8 Å². The first-order valence-corrected chi connectivity index (χ1v) is 19.4. The number of carboxylic acid groups (broad SMARTS) is 1. The molecule has 4 aliphatic rings. The van der Waals surface area contributed by atoms with Gasteiger partial charge in [0, 0.05) is 64.0 Å². The van der Waals surface area contributed by atoms with Gasteiger partial charge in [0.05, 0.1) is 46.9 Å². The minimum Gasteiger partial charge on any atom is -0.633 e. The molecule has 0 radical (unpaired) electrons. The van der Waals surface area contributed by atoms with Crippen LogP contribution in [0.15, 0.2) is 5.16 Å². The van der Waals surface area contributed by atoms with Gasteiger partial charge in [-0.1, -0.05) is 39.0 Å². The maximum Gasteiger partial charge on any atom is 0.490 e. The lowest BCUT2D eigenvalue weighted by Crippen LogP contribution is -2.66. The third kappa shape index (κ3) is 9.52. The van der Waals surface area contributed by atoms with Crippen LogP contribution in [0.2, 0.25) is 0 Å². The first-order chi connectivity index (χ1) is 23.5. The normalized spacial score (nSPS) is 27.4. The maximum absolute atomic E-state index is 14.2. The zero-order valence-electron chi connectivity index (χ0n) is 29.6. The van der Waals surface area contributed by atoms with E-state index in [1.807, 2.05) is 4.90 Å². The number of aliphatic carboxylic acids is 1. The van der Waals surface area contributed by atoms with Gasteiger partial charge in [0.25, 0.3) is 5.91 Å². The van der Waals surface area contributed by atoms with Gasteiger partial charge in [0.15, 0.2) is 0 Å². The molecule has 2 unspecified atom stereocenters. The first kappa shape index (κ1) is 39.9. The number of aryl methyl sites for hydroxylation is 2. The zero-order chi connectivity index (χ0) is 36.9. The molecule has 12 nitrogen and oxygen atoms in total. The van der Waals surface area contributed by atoms with Crippen molar-refractivity contribution in [2.45, 2.75) is 121 Å². The second-order valence-electron chi connectivity index (χ2n) is 14.4. The van der Waals surface area contributed by atoms with E-state index in [9.17, 15) is 32.2 Å². The summed E-state index contributed by atoms with van der Waals surface area (Å²) in [7, 11) is -1.32. The summed E-state index contributed by atoms with van der Waals surface area (Å²) in [5.41, 5.74) is 1.01. The predicted octanol–water partition coefficient (Wildman–Crippen LogP) is 5.75. The molecule has 1 spiro atoms. The summed E-state index contributed by atoms with van der Waals surface area (Å²) in [5, 5.41) is 21.6. The molecule has 3 aliphatic heterocycles. The highest BCUT2D eigenvalue weighted by atomic mass is 32.2. The Kier molecular flexibility index (Phi) is 13.3. The third-order valence-corrected chi connectivity index (χ3v) is 11.7. The molecular weight excluding hydrogens is 679 g/mol. The van der Waals surface area contributed by atoms with Crippen LogP contribution in [0.5, 0.6) is 0 Å². The number of piperidine rings is 2. The van der Waals surface area contributed by atoms with Crippen LogP contribution < -0.4 is 0 Å². The number of amides is 2. The van der Waals surface area contributed by atoms with Crippen molar-refractivity contribution in [1.82, 2.24) is 19.8 Å². The fourth-order valence-corrected chi connectivity index (χ4v) is 8.69. The highest BCUT2D eigenvalue weighted by molar-refractivity contribution is 7.84. The standard InChI is InChI=1S/C32H51N5O5S.C2HF3O2/c1-5-6-12-26-22-36(21-25-10-8-7-9-11-25)31(39)42-32(26)15-19-37(40,20-16-32)27-13-17-35(18-14-27)29(38)28-23(2)33-30(43(4)41)34-24(28)3;3-2(4,5)1(6)7/h25-27H,5-22H2,1-4H3;(H,6,7). The number of hydrogen-bond acceptors (Lipinski definition) is 8. The van der Waals surface area contributed by atoms with E-state index in [1.165, 1.54) is 38.4 Å². The van der Waals surface area contributed by atoms with E-state index in [2.05, 4.69) is 16.9 Å². The molecule has 1 aromatic rings. The fraction of sp³-hybridized carbons (Fsp3) is 0.794. The van der Waals surface area contributed by atoms with E-state index in [1.54, 1.807) is 18.7 Å². The van der Waals surface area contributed by atoms with Crippen molar-refractivity contribution in [3.8, 4) is 0 Å². The van der Waals surface area contributed by atoms with Gasteiger partial charge in [-0.2, -0.15) is 13.2 Å². The van der Waals surface area contributed by atoms with Crippen LogP contribution in [0.4, 0.5) is 18.0 Å². The summed E-state index contributed by atoms with van der Waals surface area (Å²) in [6.45, 7) is 9.23. The Morgan fingerprint density at radius 2 is 1.62 bits per heavy atom. The van der Waals surface area contributed by atoms with Gasteiger partial charge in [-0.05, 0) is 39.0 Å². The Morgan fingerprint density at radius 1 is 1.06 bits per heavy atom. The average molecular weight is 732 g/mol. The number of carbonyl (C=O) groups excluding carboxylic acids is 2. The SMILES string of the molecule is CCCCC1CN(CC2CCCCC2)C(=O)OC12CC[N+]([O-])(C1CCN(C(=O)c3c(C)nc(S(C)=O)nc3C)CC1)CC2.O=C(O)C(F)(F)F. The second-order valence-corrected chi connectivity index (χ2v) is 15.7. The van der Waals surface area contributed by atoms with Crippen molar-refractivity contribution < 1.29 is 46.3 Å². The molecule has 16 heteroatoms. The highest BCUT2D eigenvalue weighted by Crippen LogP contribution is 2.44. The molecule has 282 valence electrons. The van der Waals surface area contributed by atoms with Gasteiger partial charge in [-0.25, -0.2) is 19.6 Å². The molecule has 2 amide bonds. The predicted molar refractivity (Wildman–Crippen MR) is 179 cm³/mol. The lowest BCUT2D eigenvalue weighted by molar-refractivity contribution is -0.913. The van der Waals surface area contributed by atoms with E-state index >= 15 is 0 Å². The Labute approximate surface area is 294 Å². The molecule has 3 saturated heterocycles. The molecule has 5 rings (SSSR count). The number of halogens is 3. The van der Waals surface area contributed by atoms with Crippen LogP contribution in [0.1, 0.15) is 106 Å². The van der Waals surface area contributed by atoms with Crippen LogP contribution in [0, 0.1) is 30.9 Å². The number of carboxylic acids is 1. The number of rotatable bonds is 8. The average Bonchev–Trinajstić information content (AvgIpc) is 3.07. The second kappa shape index (κ2) is 16.7. The smallest absolute Gasteiger partial charge is 0.490 e. The molecule has 1 N–H and O–H groups in total. The van der Waals surface area contributed by atoms with Gasteiger partial charge in [-0.3, -0.25) is 9.00 Å². The molecule has 50 heavy (non-hydrogen) atoms. The first-order valence-electron chi connectivity index (χ1n) is 17.8. The minimum absolute atomic E-state index is 0.0686. The summed E-state index contributed by atoms with van der Waals surface area (Å²) in [5.74, 6) is -2.03. The van der Waals surface area contributed by atoms with Crippen molar-refractivity contribution in [2.75, 3.05) is 45.5 Å². The quantitative estimate of drug-likeness (QED) is 0.200. The van der Waals surface area contributed by atoms with Gasteiger partial charge in [0.2, 0.25) is 5.16 Å². The summed E-state index contributed by atoms with van der Waals surface area (Å²) < 4.78 is 49.7. The van der Waals surface area contributed by atoms with Crippen molar-refractivity contribution in [3.63, 3.8) is 0 Å². The molecule has 0 bridgehead atoms. The number of hydrogen-bond donors (Lipinski definition) is 1. The summed E-state index contributed by atoms with van der Waals surface area (Å²) in [6, 6.07) is -0.0686. The molecule has 2 atom stereocenters. The van der Waals surface area contributed by atoms with Crippen molar-refractivity contribution >= 4 is 28.8 Å². The molecule has 4 heterocycles. The number of unbranched alkanes of at least 4 members (excludes halogenated alkanes) is 1. The zero-order valence-corrected chi connectivity index (χ0v) is 30.5. The minimum atomic E-state index is -5.08. The van der Waals surface area contributed by atoms with Crippen LogP contribution >= 0.6 is 0 Å². The van der Waals surface area contributed by atoms with E-state index in [0.29, 0.717) is 74.7 Å². The van der Waals surface area contributed by atoms with E-state index in [0.717, 1.165) is 32.4 Å². The maximum atomic E-state index is 14.2. The largest absolute Gasteiger partial charge is 0.633 e. The molecular formula is C34H52F3N5O7S. The van der Waals surface area contributed by atoms with Crippen LogP contribution in [0.3, 0.4) is 0 Å². The Balaban J connectivity index is 0.000000727. The molecule has 4 fully saturated rings. The molecule has 0 aromatic carbocycles. The van der Waals surface area contributed by atoms with Crippen LogP contribution in [0.25, 0.3) is 0 Å². The van der Waals surface area contributed by atoms with Gasteiger partial charge >= 0.3 is 18.2 Å². The third-order valence-electron chi connectivity index (χ3n) is 11.1. The number of quaternary nitrogens is 1. The Morgan fingerprint density at radius 3 is 2.12 bits per heavy atom. The number of ether oxygens (including phenoxy) is 1. The Hall–Kier alpha value is -2.85. The highest BCUT2D eigenvalue weighted by Gasteiger charge is 2.53.